The fourth-order valence-electron chi connectivity index (χ4n) is 2.95. The molecule has 3 heteroatoms. The number of aryl methyl sites for hydroxylation is 1. The first-order valence-corrected chi connectivity index (χ1v) is 10.8. The van der Waals surface area contributed by atoms with Gasteiger partial charge in [0.25, 0.3) is 0 Å². The minimum Gasteiger partial charge on any atom is -0.228 e. The Morgan fingerprint density at radius 3 is 1.62 bits per heavy atom. The van der Waals surface area contributed by atoms with E-state index in [1.54, 1.807) is 0 Å². The van der Waals surface area contributed by atoms with Crippen LogP contribution in [0.1, 0.15) is 11.1 Å². The Balaban J connectivity index is 1.93. The lowest BCUT2D eigenvalue weighted by Crippen LogP contribution is -2.02. The van der Waals surface area contributed by atoms with Gasteiger partial charge in [-0.25, -0.2) is 4.99 Å². The molecule has 0 radical (unpaired) electrons. The standard InChI is InChI=1S/C26H22N2S/c1-21-13-11-12-20-25(21)27-26(22-14-5-2-6-15-22)28-29(23-16-7-3-8-17-23)24-18-9-4-10-19-24/h2-20H,1H3. The van der Waals surface area contributed by atoms with Crippen molar-refractivity contribution in [3.8, 4) is 0 Å². The van der Waals surface area contributed by atoms with Crippen LogP contribution in [0, 0.1) is 6.92 Å². The molecule has 0 heterocycles. The molecule has 0 amide bonds. The van der Waals surface area contributed by atoms with Gasteiger partial charge in [0.1, 0.15) is 0 Å². The molecule has 4 aromatic rings. The van der Waals surface area contributed by atoms with Crippen molar-refractivity contribution in [2.45, 2.75) is 16.7 Å². The van der Waals surface area contributed by atoms with Gasteiger partial charge in [0, 0.05) is 15.4 Å². The van der Waals surface area contributed by atoms with Crippen molar-refractivity contribution >= 4 is 22.2 Å². The lowest BCUT2D eigenvalue weighted by molar-refractivity contribution is 1.36. The van der Waals surface area contributed by atoms with E-state index in [2.05, 4.69) is 73.7 Å². The fourth-order valence-corrected chi connectivity index (χ4v) is 4.59. The zero-order valence-corrected chi connectivity index (χ0v) is 17.1. The van der Waals surface area contributed by atoms with Crippen LogP contribution in [0.15, 0.2) is 134 Å². The Bertz CT molecular complexity index is 1090. The molecule has 0 aromatic heterocycles. The first-order valence-electron chi connectivity index (χ1n) is 9.57. The summed E-state index contributed by atoms with van der Waals surface area (Å²) in [5, 5.41) is 0. The largest absolute Gasteiger partial charge is 0.228 e. The first kappa shape index (κ1) is 19.0. The SMILES string of the molecule is Cc1ccccc1N=C(N=S(c1ccccc1)c1ccccc1)c1ccccc1. The summed E-state index contributed by atoms with van der Waals surface area (Å²) in [4.78, 5) is 7.32. The summed E-state index contributed by atoms with van der Waals surface area (Å²) in [7, 11) is -0.468. The van der Waals surface area contributed by atoms with Crippen molar-refractivity contribution in [2.75, 3.05) is 0 Å². The maximum atomic E-state index is 5.20. The Kier molecular flexibility index (Phi) is 6.08. The van der Waals surface area contributed by atoms with E-state index in [0.717, 1.165) is 22.6 Å². The minimum absolute atomic E-state index is 0.468. The van der Waals surface area contributed by atoms with Crippen LogP contribution in [0.25, 0.3) is 0 Å². The number of nitrogens with zero attached hydrogens (tertiary/aromatic N) is 2. The molecule has 0 spiro atoms. The summed E-state index contributed by atoms with van der Waals surface area (Å²) in [5.41, 5.74) is 3.09. The van der Waals surface area contributed by atoms with E-state index < -0.39 is 10.7 Å². The highest BCUT2D eigenvalue weighted by molar-refractivity contribution is 7.87. The molecule has 0 saturated heterocycles. The van der Waals surface area contributed by atoms with Crippen LogP contribution in [0.5, 0.6) is 0 Å². The minimum atomic E-state index is -0.468. The summed E-state index contributed by atoms with van der Waals surface area (Å²) >= 11 is 0. The molecule has 0 bridgehead atoms. The van der Waals surface area contributed by atoms with Gasteiger partial charge in [-0.3, -0.25) is 0 Å². The van der Waals surface area contributed by atoms with Crippen LogP contribution >= 0.6 is 0 Å². The van der Waals surface area contributed by atoms with Gasteiger partial charge in [-0.1, -0.05) is 84.9 Å². The second-order valence-electron chi connectivity index (χ2n) is 6.59. The van der Waals surface area contributed by atoms with E-state index in [1.165, 1.54) is 9.79 Å². The highest BCUT2D eigenvalue weighted by Gasteiger charge is 2.10. The predicted molar refractivity (Wildman–Crippen MR) is 123 cm³/mol. The second-order valence-corrected chi connectivity index (χ2v) is 8.28. The molecule has 4 aromatic carbocycles. The molecule has 29 heavy (non-hydrogen) atoms. The van der Waals surface area contributed by atoms with Gasteiger partial charge in [-0.15, -0.1) is 0 Å². The average Bonchev–Trinajstić information content (AvgIpc) is 2.79. The molecule has 0 unspecified atom stereocenters. The molecular formula is C26H22N2S. The van der Waals surface area contributed by atoms with Gasteiger partial charge in [0.05, 0.1) is 5.69 Å². The van der Waals surface area contributed by atoms with Crippen LogP contribution in [0.4, 0.5) is 5.69 Å². The summed E-state index contributed by atoms with van der Waals surface area (Å²) in [6, 6.07) is 39.2. The second kappa shape index (κ2) is 9.26. The molecule has 0 aliphatic rings. The number of para-hydroxylation sites is 1. The average molecular weight is 395 g/mol. The number of amidine groups is 1. The van der Waals surface area contributed by atoms with Crippen LogP contribution in [-0.2, 0) is 10.7 Å². The molecule has 142 valence electrons. The van der Waals surface area contributed by atoms with Crippen molar-refractivity contribution in [2.24, 2.45) is 9.36 Å². The van der Waals surface area contributed by atoms with Crippen molar-refractivity contribution < 1.29 is 0 Å². The monoisotopic (exact) mass is 394 g/mol. The van der Waals surface area contributed by atoms with Crippen molar-refractivity contribution in [1.29, 1.82) is 0 Å². The Hall–Kier alpha value is -3.30. The third kappa shape index (κ3) is 4.76. The molecule has 2 nitrogen and oxygen atoms in total. The van der Waals surface area contributed by atoms with Crippen LogP contribution in [-0.4, -0.2) is 5.84 Å². The van der Waals surface area contributed by atoms with Gasteiger partial charge < -0.3 is 0 Å². The molecule has 0 atom stereocenters. The van der Waals surface area contributed by atoms with E-state index in [4.69, 9.17) is 9.36 Å². The molecular weight excluding hydrogens is 372 g/mol. The Labute approximate surface area is 174 Å². The number of rotatable bonds is 4. The van der Waals surface area contributed by atoms with Crippen LogP contribution in [0.2, 0.25) is 0 Å². The van der Waals surface area contributed by atoms with E-state index in [-0.39, 0.29) is 0 Å². The smallest absolute Gasteiger partial charge is 0.167 e. The van der Waals surface area contributed by atoms with Gasteiger partial charge in [-0.2, -0.15) is 4.36 Å². The first-order chi connectivity index (χ1) is 14.3. The number of benzene rings is 4. The molecule has 0 N–H and O–H groups in total. The molecule has 4 rings (SSSR count). The Morgan fingerprint density at radius 2 is 1.07 bits per heavy atom. The van der Waals surface area contributed by atoms with E-state index in [1.807, 2.05) is 48.5 Å². The lowest BCUT2D eigenvalue weighted by atomic mass is 10.2. The fraction of sp³-hybridized carbons (Fsp3) is 0.0385. The zero-order valence-electron chi connectivity index (χ0n) is 16.3. The molecule has 0 saturated carbocycles. The Morgan fingerprint density at radius 1 is 0.586 bits per heavy atom. The topological polar surface area (TPSA) is 24.7 Å². The number of hydrogen-bond acceptors (Lipinski definition) is 1. The quantitative estimate of drug-likeness (QED) is 0.263. The lowest BCUT2D eigenvalue weighted by Gasteiger charge is -2.11. The number of aliphatic imine (C=N–C) groups is 1. The van der Waals surface area contributed by atoms with Gasteiger partial charge in [-0.05, 0) is 53.5 Å². The van der Waals surface area contributed by atoms with E-state index in [9.17, 15) is 0 Å². The zero-order chi connectivity index (χ0) is 19.9. The van der Waals surface area contributed by atoms with E-state index in [0.29, 0.717) is 0 Å². The normalized spacial score (nSPS) is 11.4. The highest BCUT2D eigenvalue weighted by Crippen LogP contribution is 2.23. The van der Waals surface area contributed by atoms with Crippen molar-refractivity contribution in [1.82, 2.24) is 0 Å². The van der Waals surface area contributed by atoms with Gasteiger partial charge in [0.2, 0.25) is 0 Å². The van der Waals surface area contributed by atoms with Gasteiger partial charge >= 0.3 is 0 Å². The predicted octanol–water partition coefficient (Wildman–Crippen LogP) is 6.99. The molecule has 0 aliphatic heterocycles. The van der Waals surface area contributed by atoms with Crippen LogP contribution < -0.4 is 0 Å². The third-order valence-electron chi connectivity index (χ3n) is 4.48. The third-order valence-corrected chi connectivity index (χ3v) is 6.28. The highest BCUT2D eigenvalue weighted by atomic mass is 32.2. The van der Waals surface area contributed by atoms with Crippen LogP contribution in [0.3, 0.4) is 0 Å². The maximum absolute atomic E-state index is 5.20. The summed E-state index contributed by atoms with van der Waals surface area (Å²) in [5.74, 6) is 0.746. The number of hydrogen-bond donors (Lipinski definition) is 0. The van der Waals surface area contributed by atoms with Crippen molar-refractivity contribution in [3.05, 3.63) is 126 Å². The maximum Gasteiger partial charge on any atom is 0.167 e. The van der Waals surface area contributed by atoms with E-state index >= 15 is 0 Å². The molecule has 0 fully saturated rings. The summed E-state index contributed by atoms with van der Waals surface area (Å²) in [6.07, 6.45) is 0. The summed E-state index contributed by atoms with van der Waals surface area (Å²) < 4.78 is 5.20. The summed E-state index contributed by atoms with van der Waals surface area (Å²) in [6.45, 7) is 2.08. The molecule has 0 aliphatic carbocycles. The van der Waals surface area contributed by atoms with Crippen molar-refractivity contribution in [3.63, 3.8) is 0 Å². The van der Waals surface area contributed by atoms with Gasteiger partial charge in [0.15, 0.2) is 5.84 Å².